The fourth-order valence-corrected chi connectivity index (χ4v) is 2.75. The van der Waals surface area contributed by atoms with Crippen molar-refractivity contribution in [3.8, 4) is 0 Å². The molecule has 3 aromatic rings. The van der Waals surface area contributed by atoms with Crippen molar-refractivity contribution in [1.82, 2.24) is 20.7 Å². The number of hydrogen-bond acceptors (Lipinski definition) is 5. The Bertz CT molecular complexity index is 901. The van der Waals surface area contributed by atoms with Gasteiger partial charge in [0.1, 0.15) is 11.6 Å². The van der Waals surface area contributed by atoms with E-state index in [0.717, 1.165) is 16.3 Å². The lowest BCUT2D eigenvalue weighted by atomic mass is 9.89. The molecule has 1 aliphatic heterocycles. The van der Waals surface area contributed by atoms with E-state index in [2.05, 4.69) is 27.2 Å². The molecule has 1 unspecified atom stereocenters. The number of aromatic nitrogens is 3. The van der Waals surface area contributed by atoms with Crippen LogP contribution in [0, 0.1) is 0 Å². The predicted molar refractivity (Wildman–Crippen MR) is 73.3 cm³/mol. The minimum atomic E-state index is -0.690. The van der Waals surface area contributed by atoms with Gasteiger partial charge in [0.25, 0.3) is 0 Å². The smallest absolute Gasteiger partial charge is 0.231 e. The lowest BCUT2D eigenvalue weighted by Gasteiger charge is -2.22. The number of ketones is 1. The first-order chi connectivity index (χ1) is 10.1. The number of amides is 1. The number of carbonyl (C=O) groups is 2. The molecule has 1 aliphatic rings. The summed E-state index contributed by atoms with van der Waals surface area (Å²) in [7, 11) is 0. The summed E-state index contributed by atoms with van der Waals surface area (Å²) >= 11 is 0. The molecular weight excluding hydrogens is 272 g/mol. The second-order valence-electron chi connectivity index (χ2n) is 4.99. The van der Waals surface area contributed by atoms with Crippen LogP contribution in [0.4, 0.5) is 0 Å². The minimum Gasteiger partial charge on any atom is -0.356 e. The standard InChI is InChI=1S/C14H10N4O3/c1-6-12(9(19)4-11(20)16-6)14-13-7-5-15-17-8(7)2-3-10(13)21-18-14/h2-3,5,12H,1,4H2,(H,15,17)(H,16,20). The highest BCUT2D eigenvalue weighted by molar-refractivity contribution is 6.11. The normalized spacial score (nSPS) is 19.4. The van der Waals surface area contributed by atoms with Crippen molar-refractivity contribution in [2.24, 2.45) is 0 Å². The molecule has 2 N–H and O–H groups in total. The third kappa shape index (κ3) is 1.60. The first kappa shape index (κ1) is 11.8. The van der Waals surface area contributed by atoms with E-state index in [4.69, 9.17) is 4.52 Å². The van der Waals surface area contributed by atoms with Crippen LogP contribution < -0.4 is 5.32 Å². The van der Waals surface area contributed by atoms with E-state index in [1.807, 2.05) is 6.07 Å². The molecule has 7 nitrogen and oxygen atoms in total. The van der Waals surface area contributed by atoms with Gasteiger partial charge < -0.3 is 9.84 Å². The summed E-state index contributed by atoms with van der Waals surface area (Å²) in [5.41, 5.74) is 2.18. The summed E-state index contributed by atoms with van der Waals surface area (Å²) in [6, 6.07) is 3.60. The summed E-state index contributed by atoms with van der Waals surface area (Å²) in [6.45, 7) is 3.77. The Morgan fingerprint density at radius 1 is 1.33 bits per heavy atom. The van der Waals surface area contributed by atoms with Crippen LogP contribution in [-0.2, 0) is 9.59 Å². The summed E-state index contributed by atoms with van der Waals surface area (Å²) < 4.78 is 5.31. The number of aromatic amines is 1. The fourth-order valence-electron chi connectivity index (χ4n) is 2.75. The van der Waals surface area contributed by atoms with Gasteiger partial charge in [-0.05, 0) is 12.1 Å². The number of benzene rings is 1. The SMILES string of the molecule is C=C1NC(=O)CC(=O)C1c1noc2ccc3[nH]ncc3c12. The molecule has 104 valence electrons. The van der Waals surface area contributed by atoms with Crippen molar-refractivity contribution in [2.45, 2.75) is 12.3 Å². The maximum absolute atomic E-state index is 12.2. The first-order valence-corrected chi connectivity index (χ1v) is 6.38. The molecule has 0 spiro atoms. The Hall–Kier alpha value is -2.96. The van der Waals surface area contributed by atoms with Crippen molar-refractivity contribution in [2.75, 3.05) is 0 Å². The number of fused-ring (bicyclic) bond motifs is 3. The summed E-state index contributed by atoms with van der Waals surface area (Å²) in [6.07, 6.45) is 1.48. The average molecular weight is 282 g/mol. The lowest BCUT2D eigenvalue weighted by Crippen LogP contribution is -2.37. The van der Waals surface area contributed by atoms with Crippen LogP contribution in [0.1, 0.15) is 18.0 Å². The lowest BCUT2D eigenvalue weighted by molar-refractivity contribution is -0.130. The first-order valence-electron chi connectivity index (χ1n) is 6.38. The van der Waals surface area contributed by atoms with E-state index >= 15 is 0 Å². The van der Waals surface area contributed by atoms with Gasteiger partial charge in [-0.2, -0.15) is 5.10 Å². The number of hydrogen-bond donors (Lipinski definition) is 2. The van der Waals surface area contributed by atoms with Gasteiger partial charge >= 0.3 is 0 Å². The van der Waals surface area contributed by atoms with Crippen molar-refractivity contribution in [3.63, 3.8) is 0 Å². The molecule has 1 atom stereocenters. The topological polar surface area (TPSA) is 101 Å². The minimum absolute atomic E-state index is 0.181. The summed E-state index contributed by atoms with van der Waals surface area (Å²) in [5, 5.41) is 15.0. The number of carbonyl (C=O) groups excluding carboxylic acids is 2. The molecule has 2 aromatic heterocycles. The van der Waals surface area contributed by atoms with E-state index < -0.39 is 5.92 Å². The van der Waals surface area contributed by atoms with Gasteiger partial charge in [0.15, 0.2) is 11.4 Å². The third-order valence-electron chi connectivity index (χ3n) is 3.66. The van der Waals surface area contributed by atoms with Crippen molar-refractivity contribution >= 4 is 33.6 Å². The number of piperidine rings is 1. The number of Topliss-reactive ketones (excluding diaryl/α,β-unsaturated/α-hetero) is 1. The Morgan fingerprint density at radius 3 is 3.00 bits per heavy atom. The Kier molecular flexibility index (Phi) is 2.26. The van der Waals surface area contributed by atoms with Crippen molar-refractivity contribution < 1.29 is 14.1 Å². The predicted octanol–water partition coefficient (Wildman–Crippen LogP) is 1.39. The Balaban J connectivity index is 1.98. The highest BCUT2D eigenvalue weighted by Gasteiger charge is 2.35. The maximum atomic E-state index is 12.2. The van der Waals surface area contributed by atoms with Gasteiger partial charge in [-0.25, -0.2) is 0 Å². The van der Waals surface area contributed by atoms with E-state index in [0.29, 0.717) is 17.0 Å². The van der Waals surface area contributed by atoms with Gasteiger partial charge in [0.05, 0.1) is 23.5 Å². The number of rotatable bonds is 1. The highest BCUT2D eigenvalue weighted by Crippen LogP contribution is 2.35. The second-order valence-corrected chi connectivity index (χ2v) is 4.99. The Labute approximate surface area is 118 Å². The summed E-state index contributed by atoms with van der Waals surface area (Å²) in [5.74, 6) is -1.27. The Morgan fingerprint density at radius 2 is 2.19 bits per heavy atom. The molecule has 1 aromatic carbocycles. The third-order valence-corrected chi connectivity index (χ3v) is 3.66. The van der Waals surface area contributed by atoms with Crippen LogP contribution in [0.25, 0.3) is 21.9 Å². The molecule has 3 heterocycles. The molecule has 0 radical (unpaired) electrons. The second kappa shape index (κ2) is 4.02. The largest absolute Gasteiger partial charge is 0.356 e. The van der Waals surface area contributed by atoms with Crippen LogP contribution in [0.15, 0.2) is 35.1 Å². The van der Waals surface area contributed by atoms with Crippen LogP contribution in [0.5, 0.6) is 0 Å². The van der Waals surface area contributed by atoms with Crippen molar-refractivity contribution in [1.29, 1.82) is 0 Å². The zero-order valence-electron chi connectivity index (χ0n) is 10.8. The fraction of sp³-hybridized carbons (Fsp3) is 0.143. The quantitative estimate of drug-likeness (QED) is 0.657. The monoisotopic (exact) mass is 282 g/mol. The zero-order valence-corrected chi connectivity index (χ0v) is 10.8. The molecule has 1 amide bonds. The van der Waals surface area contributed by atoms with Gasteiger partial charge in [-0.3, -0.25) is 14.7 Å². The van der Waals surface area contributed by atoms with Crippen LogP contribution in [0.2, 0.25) is 0 Å². The van der Waals surface area contributed by atoms with E-state index in [1.54, 1.807) is 12.3 Å². The van der Waals surface area contributed by atoms with E-state index in [9.17, 15) is 9.59 Å². The van der Waals surface area contributed by atoms with E-state index in [1.165, 1.54) is 0 Å². The maximum Gasteiger partial charge on any atom is 0.231 e. The number of nitrogens with zero attached hydrogens (tertiary/aromatic N) is 2. The molecular formula is C14H10N4O3. The molecule has 0 aliphatic carbocycles. The zero-order chi connectivity index (χ0) is 14.6. The molecule has 1 fully saturated rings. The van der Waals surface area contributed by atoms with Crippen LogP contribution >= 0.6 is 0 Å². The summed E-state index contributed by atoms with van der Waals surface area (Å²) in [4.78, 5) is 23.6. The molecule has 1 saturated heterocycles. The van der Waals surface area contributed by atoms with Crippen LogP contribution in [0.3, 0.4) is 0 Å². The molecule has 21 heavy (non-hydrogen) atoms. The molecule has 0 bridgehead atoms. The van der Waals surface area contributed by atoms with Crippen LogP contribution in [-0.4, -0.2) is 27.0 Å². The molecule has 0 saturated carbocycles. The molecule has 7 heteroatoms. The average Bonchev–Trinajstić information content (AvgIpc) is 3.02. The number of allylic oxidation sites excluding steroid dienone is 1. The van der Waals surface area contributed by atoms with Gasteiger partial charge in [0.2, 0.25) is 5.91 Å². The highest BCUT2D eigenvalue weighted by atomic mass is 16.5. The molecule has 4 rings (SSSR count). The number of H-pyrrole nitrogens is 1. The van der Waals surface area contributed by atoms with Crippen molar-refractivity contribution in [3.05, 3.63) is 36.3 Å². The van der Waals surface area contributed by atoms with Gasteiger partial charge in [-0.15, -0.1) is 0 Å². The van der Waals surface area contributed by atoms with Gasteiger partial charge in [0, 0.05) is 11.1 Å². The number of nitrogens with one attached hydrogen (secondary N) is 2. The van der Waals surface area contributed by atoms with E-state index in [-0.39, 0.29) is 18.1 Å². The van der Waals surface area contributed by atoms with Gasteiger partial charge in [-0.1, -0.05) is 11.7 Å².